The second-order valence-corrected chi connectivity index (χ2v) is 5.20. The van der Waals surface area contributed by atoms with Crippen LogP contribution in [0, 0.1) is 0 Å². The smallest absolute Gasteiger partial charge is 0.109 e. The van der Waals surface area contributed by atoms with Crippen LogP contribution < -0.4 is 12.4 Å². The molecule has 108 valence electrons. The fraction of sp³-hybridized carbons (Fsp3) is 0.529. The Labute approximate surface area is 125 Å². The van der Waals surface area contributed by atoms with Crippen LogP contribution in [0.25, 0.3) is 0 Å². The van der Waals surface area contributed by atoms with E-state index < -0.39 is 0 Å². The Morgan fingerprint density at radius 3 is 1.95 bits per heavy atom. The summed E-state index contributed by atoms with van der Waals surface area (Å²) in [6.07, 6.45) is 7.24. The average molecular weight is 282 g/mol. The topological polar surface area (TPSA) is 0 Å². The van der Waals surface area contributed by atoms with Crippen molar-refractivity contribution in [2.24, 2.45) is 0 Å². The second kappa shape index (κ2) is 10.1. The van der Waals surface area contributed by atoms with Crippen molar-refractivity contribution in [3.8, 4) is 0 Å². The van der Waals surface area contributed by atoms with Crippen molar-refractivity contribution in [3.63, 3.8) is 0 Å². The van der Waals surface area contributed by atoms with Crippen LogP contribution in [-0.4, -0.2) is 17.6 Å². The zero-order chi connectivity index (χ0) is 13.3. The third-order valence-electron chi connectivity index (χ3n) is 3.64. The Hall–Kier alpha value is -0.790. The molecule has 0 aliphatic rings. The lowest BCUT2D eigenvalue weighted by atomic mass is 10.1. The fourth-order valence-electron chi connectivity index (χ4n) is 2.41. The largest absolute Gasteiger partial charge is 1.00 e. The number of unbranched alkanes of at least 4 members (excludes halogenated alkanes) is 2. The van der Waals surface area contributed by atoms with Gasteiger partial charge in [0.05, 0.1) is 19.3 Å². The molecule has 0 N–H and O–H groups in total. The predicted molar refractivity (Wildman–Crippen MR) is 80.2 cm³/mol. The first-order valence-electron chi connectivity index (χ1n) is 7.29. The zero-order valence-electron chi connectivity index (χ0n) is 12.4. The summed E-state index contributed by atoms with van der Waals surface area (Å²) >= 11 is 0. The summed E-state index contributed by atoms with van der Waals surface area (Å²) in [5, 5.41) is 0. The highest BCUT2D eigenvalue weighted by Crippen LogP contribution is 2.18. The van der Waals surface area contributed by atoms with E-state index in [0.717, 1.165) is 11.0 Å². The van der Waals surface area contributed by atoms with Gasteiger partial charge < -0.3 is 12.4 Å². The van der Waals surface area contributed by atoms with E-state index in [4.69, 9.17) is 0 Å². The molecule has 0 saturated heterocycles. The lowest BCUT2D eigenvalue weighted by Gasteiger charge is -2.35. The molecular formula is C17H28ClN. The summed E-state index contributed by atoms with van der Waals surface area (Å²) in [4.78, 5) is 0. The minimum Gasteiger partial charge on any atom is -1.00 e. The van der Waals surface area contributed by atoms with Crippen molar-refractivity contribution in [2.45, 2.75) is 46.1 Å². The van der Waals surface area contributed by atoms with Crippen LogP contribution in [0.2, 0.25) is 0 Å². The molecule has 0 amide bonds. The van der Waals surface area contributed by atoms with E-state index in [0.29, 0.717) is 0 Å². The average Bonchev–Trinajstić information content (AvgIpc) is 2.43. The maximum absolute atomic E-state index is 4.11. The van der Waals surface area contributed by atoms with Gasteiger partial charge in [-0.25, -0.2) is 0 Å². The van der Waals surface area contributed by atoms with E-state index in [2.05, 4.69) is 57.0 Å². The highest BCUT2D eigenvalue weighted by atomic mass is 35.5. The number of nitrogens with zero attached hydrogens (tertiary/aromatic N) is 1. The summed E-state index contributed by atoms with van der Waals surface area (Å²) in [6, 6.07) is 10.8. The van der Waals surface area contributed by atoms with Gasteiger partial charge in [0.15, 0.2) is 0 Å². The molecular weight excluding hydrogens is 254 g/mol. The summed E-state index contributed by atoms with van der Waals surface area (Å²) in [5.74, 6) is 0. The minimum atomic E-state index is 0. The van der Waals surface area contributed by atoms with Gasteiger partial charge in [-0.1, -0.05) is 57.0 Å². The Morgan fingerprint density at radius 1 is 1.00 bits per heavy atom. The Bertz CT molecular complexity index is 326. The molecule has 19 heavy (non-hydrogen) atoms. The Morgan fingerprint density at radius 2 is 1.53 bits per heavy atom. The quantitative estimate of drug-likeness (QED) is 0.605. The summed E-state index contributed by atoms with van der Waals surface area (Å²) < 4.78 is 1.03. The maximum Gasteiger partial charge on any atom is 0.109 e. The van der Waals surface area contributed by atoms with Gasteiger partial charge in [-0.05, 0) is 19.4 Å². The number of rotatable bonds is 9. The Balaban J connectivity index is 0.00000324. The minimum absolute atomic E-state index is 0. The van der Waals surface area contributed by atoms with Crippen LogP contribution in [0.5, 0.6) is 0 Å². The number of hydrogen-bond donors (Lipinski definition) is 0. The van der Waals surface area contributed by atoms with Crippen molar-refractivity contribution in [1.82, 2.24) is 0 Å². The molecule has 0 spiro atoms. The van der Waals surface area contributed by atoms with Crippen molar-refractivity contribution in [3.05, 3.63) is 48.7 Å². The predicted octanol–water partition coefficient (Wildman–Crippen LogP) is 1.75. The first kappa shape index (κ1) is 18.2. The van der Waals surface area contributed by atoms with Crippen LogP contribution in [0.4, 0.5) is 0 Å². The highest BCUT2D eigenvalue weighted by molar-refractivity contribution is 5.13. The molecule has 0 heterocycles. The lowest BCUT2D eigenvalue weighted by Crippen LogP contribution is -3.00. The normalized spacial score (nSPS) is 10.8. The molecule has 0 unspecified atom stereocenters. The van der Waals surface area contributed by atoms with Gasteiger partial charge in [0.1, 0.15) is 6.54 Å². The molecule has 0 radical (unpaired) electrons. The molecule has 0 saturated carbocycles. The van der Waals surface area contributed by atoms with Crippen LogP contribution >= 0.6 is 0 Å². The second-order valence-electron chi connectivity index (χ2n) is 5.20. The van der Waals surface area contributed by atoms with Crippen molar-refractivity contribution < 1.29 is 16.9 Å². The first-order valence-corrected chi connectivity index (χ1v) is 7.29. The van der Waals surface area contributed by atoms with Crippen LogP contribution in [0.3, 0.4) is 0 Å². The van der Waals surface area contributed by atoms with Gasteiger partial charge >= 0.3 is 0 Å². The van der Waals surface area contributed by atoms with Gasteiger partial charge in [0, 0.05) is 5.56 Å². The van der Waals surface area contributed by atoms with Gasteiger partial charge in [-0.2, -0.15) is 0 Å². The highest BCUT2D eigenvalue weighted by Gasteiger charge is 2.23. The van der Waals surface area contributed by atoms with E-state index >= 15 is 0 Å². The molecule has 0 aromatic heterocycles. The standard InChI is InChI=1S/C17H28N.ClH/c1-4-7-14-18(6-3,15-8-5-2)16-17-12-10-9-11-13-17;/h6,9-13H,3-5,7-8,14-16H2,1-2H3;1H/q+1;/p-1. The molecule has 1 aromatic carbocycles. The van der Waals surface area contributed by atoms with E-state index in [-0.39, 0.29) is 12.4 Å². The van der Waals surface area contributed by atoms with Crippen LogP contribution in [-0.2, 0) is 6.54 Å². The molecule has 0 aliphatic heterocycles. The molecule has 2 heteroatoms. The first-order chi connectivity index (χ1) is 8.76. The molecule has 0 aliphatic carbocycles. The summed E-state index contributed by atoms with van der Waals surface area (Å²) in [7, 11) is 0. The van der Waals surface area contributed by atoms with E-state index in [9.17, 15) is 0 Å². The molecule has 1 nitrogen and oxygen atoms in total. The number of benzene rings is 1. The monoisotopic (exact) mass is 281 g/mol. The van der Waals surface area contributed by atoms with Crippen LogP contribution in [0.15, 0.2) is 43.1 Å². The van der Waals surface area contributed by atoms with E-state index in [1.807, 2.05) is 0 Å². The molecule has 0 atom stereocenters. The van der Waals surface area contributed by atoms with Gasteiger partial charge in [0.2, 0.25) is 0 Å². The number of hydrogen-bond acceptors (Lipinski definition) is 0. The molecule has 1 rings (SSSR count). The van der Waals surface area contributed by atoms with Gasteiger partial charge in [-0.15, -0.1) is 0 Å². The van der Waals surface area contributed by atoms with E-state index in [1.54, 1.807) is 0 Å². The SMILES string of the molecule is C=C[N+](CCCC)(CCCC)Cc1ccccc1.[Cl-]. The van der Waals surface area contributed by atoms with E-state index in [1.165, 1.54) is 44.3 Å². The number of quaternary nitrogens is 1. The van der Waals surface area contributed by atoms with Crippen molar-refractivity contribution in [2.75, 3.05) is 13.1 Å². The van der Waals surface area contributed by atoms with Crippen molar-refractivity contribution >= 4 is 0 Å². The lowest BCUT2D eigenvalue weighted by molar-refractivity contribution is -0.893. The maximum atomic E-state index is 4.11. The van der Waals surface area contributed by atoms with Gasteiger partial charge in [0.25, 0.3) is 0 Å². The zero-order valence-corrected chi connectivity index (χ0v) is 13.2. The summed E-state index contributed by atoms with van der Waals surface area (Å²) in [5.41, 5.74) is 1.42. The third-order valence-corrected chi connectivity index (χ3v) is 3.64. The van der Waals surface area contributed by atoms with Crippen LogP contribution in [0.1, 0.15) is 45.1 Å². The molecule has 0 fully saturated rings. The fourth-order valence-corrected chi connectivity index (χ4v) is 2.41. The van der Waals surface area contributed by atoms with Crippen molar-refractivity contribution in [1.29, 1.82) is 0 Å². The Kier molecular flexibility index (Phi) is 9.63. The van der Waals surface area contributed by atoms with Gasteiger partial charge in [-0.3, -0.25) is 4.48 Å². The number of halogens is 1. The summed E-state index contributed by atoms with van der Waals surface area (Å²) in [6.45, 7) is 12.2. The molecule has 0 bridgehead atoms. The molecule has 1 aromatic rings. The third kappa shape index (κ3) is 6.26.